The molecule has 0 saturated carbocycles. The van der Waals surface area contributed by atoms with Gasteiger partial charge in [0.1, 0.15) is 11.6 Å². The molecule has 2 aromatic carbocycles. The van der Waals surface area contributed by atoms with Gasteiger partial charge in [-0.15, -0.1) is 0 Å². The van der Waals surface area contributed by atoms with Crippen LogP contribution in [0.1, 0.15) is 42.4 Å². The zero-order valence-corrected chi connectivity index (χ0v) is 19.5. The second-order valence-corrected chi connectivity index (χ2v) is 9.04. The maximum atomic E-state index is 13.1. The number of aromatic nitrogens is 2. The number of ether oxygens (including phenoxy) is 1. The largest absolute Gasteiger partial charge is 0.494 e. The van der Waals surface area contributed by atoms with Crippen LogP contribution in [0.3, 0.4) is 0 Å². The summed E-state index contributed by atoms with van der Waals surface area (Å²) < 4.78 is 7.44. The van der Waals surface area contributed by atoms with E-state index in [9.17, 15) is 9.59 Å². The number of nitrogens with one attached hydrogen (secondary N) is 1. The van der Waals surface area contributed by atoms with Gasteiger partial charge in [-0.3, -0.25) is 9.59 Å². The number of rotatable bonds is 7. The fourth-order valence-electron chi connectivity index (χ4n) is 3.74. The smallest absolute Gasteiger partial charge is 0.279 e. The number of thioether (sulfide) groups is 1. The molecule has 0 fully saturated rings. The number of benzene rings is 2. The summed E-state index contributed by atoms with van der Waals surface area (Å²) in [5.41, 5.74) is 2.12. The van der Waals surface area contributed by atoms with Gasteiger partial charge in [0.2, 0.25) is 5.91 Å². The minimum atomic E-state index is -0.350. The average Bonchev–Trinajstić information content (AvgIpc) is 2.79. The minimum Gasteiger partial charge on any atom is -0.494 e. The van der Waals surface area contributed by atoms with E-state index in [2.05, 4.69) is 17.2 Å². The monoisotopic (exact) mass is 469 g/mol. The zero-order valence-electron chi connectivity index (χ0n) is 17.9. The molecule has 166 valence electrons. The summed E-state index contributed by atoms with van der Waals surface area (Å²) >= 11 is 7.50. The minimum absolute atomic E-state index is 0.124. The van der Waals surface area contributed by atoms with Gasteiger partial charge in [0.05, 0.1) is 12.2 Å². The fourth-order valence-corrected chi connectivity index (χ4v) is 4.86. The maximum absolute atomic E-state index is 13.1. The van der Waals surface area contributed by atoms with E-state index in [1.54, 1.807) is 4.57 Å². The summed E-state index contributed by atoms with van der Waals surface area (Å²) in [5, 5.41) is 4.08. The van der Waals surface area contributed by atoms with Crippen molar-refractivity contribution in [1.82, 2.24) is 9.55 Å². The van der Waals surface area contributed by atoms with Gasteiger partial charge in [0.15, 0.2) is 5.16 Å². The summed E-state index contributed by atoms with van der Waals surface area (Å²) in [5.74, 6) is 1.41. The van der Waals surface area contributed by atoms with Gasteiger partial charge in [0.25, 0.3) is 5.56 Å². The number of fused-ring (bicyclic) bond motifs is 1. The van der Waals surface area contributed by atoms with E-state index in [4.69, 9.17) is 16.3 Å². The van der Waals surface area contributed by atoms with E-state index in [1.165, 1.54) is 11.8 Å². The molecule has 2 heterocycles. The molecule has 6 nitrogen and oxygen atoms in total. The highest BCUT2D eigenvalue weighted by molar-refractivity contribution is 7.98. The predicted octanol–water partition coefficient (Wildman–Crippen LogP) is 4.99. The lowest BCUT2D eigenvalue weighted by Gasteiger charge is -2.27. The van der Waals surface area contributed by atoms with Crippen LogP contribution in [-0.4, -0.2) is 22.1 Å². The first kappa shape index (κ1) is 22.4. The molecule has 0 radical (unpaired) electrons. The highest BCUT2D eigenvalue weighted by Gasteiger charge is 2.32. The van der Waals surface area contributed by atoms with Crippen molar-refractivity contribution in [2.24, 2.45) is 7.05 Å². The van der Waals surface area contributed by atoms with E-state index in [-0.39, 0.29) is 23.8 Å². The standard InChI is InChI=1S/C24H24ClN3O3S/c1-3-11-31-18-9-7-16(8-10-18)19-13-20(29)26-22-21(19)23(30)27-24(28(22)2)32-14-15-5-4-6-17(25)12-15/h4-10,12,19H,3,11,13-14H2,1-2H3,(H,26,29). The zero-order chi connectivity index (χ0) is 22.7. The van der Waals surface area contributed by atoms with Crippen molar-refractivity contribution in [1.29, 1.82) is 0 Å². The second kappa shape index (κ2) is 9.79. The normalized spacial score (nSPS) is 15.2. The highest BCUT2D eigenvalue weighted by Crippen LogP contribution is 2.36. The Morgan fingerprint density at radius 2 is 2.00 bits per heavy atom. The average molecular weight is 470 g/mol. The number of halogens is 1. The molecule has 1 N–H and O–H groups in total. The first-order valence-electron chi connectivity index (χ1n) is 10.5. The molecule has 3 aromatic rings. The van der Waals surface area contributed by atoms with E-state index in [1.807, 2.05) is 55.6 Å². The maximum Gasteiger partial charge on any atom is 0.279 e. The number of carbonyl (C=O) groups excluding carboxylic acids is 1. The lowest BCUT2D eigenvalue weighted by atomic mass is 9.87. The molecule has 0 spiro atoms. The molecule has 0 bridgehead atoms. The third-order valence-corrected chi connectivity index (χ3v) is 6.65. The Morgan fingerprint density at radius 3 is 2.72 bits per heavy atom. The van der Waals surface area contributed by atoms with Crippen LogP contribution in [0.5, 0.6) is 5.75 Å². The Kier molecular flexibility index (Phi) is 6.86. The third kappa shape index (κ3) is 4.84. The van der Waals surface area contributed by atoms with E-state index in [0.717, 1.165) is 23.3 Å². The first-order chi connectivity index (χ1) is 15.5. The third-order valence-electron chi connectivity index (χ3n) is 5.31. The SMILES string of the molecule is CCCOc1ccc(C2CC(=O)Nc3c2c(=O)nc(SCc2cccc(Cl)c2)n3C)cc1. The molecule has 0 aliphatic carbocycles. The summed E-state index contributed by atoms with van der Waals surface area (Å²) in [4.78, 5) is 29.9. The van der Waals surface area contributed by atoms with Crippen LogP contribution in [0.4, 0.5) is 5.82 Å². The van der Waals surface area contributed by atoms with E-state index in [0.29, 0.717) is 33.9 Å². The van der Waals surface area contributed by atoms with E-state index < -0.39 is 0 Å². The van der Waals surface area contributed by atoms with Crippen LogP contribution in [0.2, 0.25) is 5.02 Å². The van der Waals surface area contributed by atoms with Crippen molar-refractivity contribution in [2.45, 2.75) is 36.6 Å². The summed E-state index contributed by atoms with van der Waals surface area (Å²) in [6.45, 7) is 2.70. The highest BCUT2D eigenvalue weighted by atomic mass is 35.5. The predicted molar refractivity (Wildman–Crippen MR) is 128 cm³/mol. The van der Waals surface area contributed by atoms with Gasteiger partial charge in [-0.1, -0.05) is 54.6 Å². The van der Waals surface area contributed by atoms with Crippen LogP contribution in [-0.2, 0) is 17.6 Å². The number of hydrogen-bond donors (Lipinski definition) is 1. The van der Waals surface area contributed by atoms with Crippen LogP contribution < -0.4 is 15.6 Å². The van der Waals surface area contributed by atoms with Gasteiger partial charge in [-0.2, -0.15) is 4.98 Å². The molecule has 1 aliphatic rings. The second-order valence-electron chi connectivity index (χ2n) is 7.66. The van der Waals surface area contributed by atoms with Crippen molar-refractivity contribution in [2.75, 3.05) is 11.9 Å². The van der Waals surface area contributed by atoms with Crippen molar-refractivity contribution >= 4 is 35.1 Å². The number of amides is 1. The molecule has 4 rings (SSSR count). The molecule has 8 heteroatoms. The van der Waals surface area contributed by atoms with E-state index >= 15 is 0 Å². The van der Waals surface area contributed by atoms with Crippen LogP contribution >= 0.6 is 23.4 Å². The lowest BCUT2D eigenvalue weighted by Crippen LogP contribution is -2.33. The van der Waals surface area contributed by atoms with Gasteiger partial charge in [-0.25, -0.2) is 0 Å². The lowest BCUT2D eigenvalue weighted by molar-refractivity contribution is -0.116. The van der Waals surface area contributed by atoms with Crippen molar-refractivity contribution in [3.05, 3.63) is 80.6 Å². The van der Waals surface area contributed by atoms with Gasteiger partial charge in [-0.05, 0) is 41.8 Å². The summed E-state index contributed by atoms with van der Waals surface area (Å²) in [6, 6.07) is 15.2. The molecular formula is C24H24ClN3O3S. The fraction of sp³-hybridized carbons (Fsp3) is 0.292. The van der Waals surface area contributed by atoms with Gasteiger partial charge < -0.3 is 14.6 Å². The quantitative estimate of drug-likeness (QED) is 0.390. The summed E-state index contributed by atoms with van der Waals surface area (Å²) in [7, 11) is 1.82. The molecule has 1 unspecified atom stereocenters. The molecule has 0 saturated heterocycles. The van der Waals surface area contributed by atoms with Crippen LogP contribution in [0, 0.1) is 0 Å². The molecular weight excluding hydrogens is 446 g/mol. The summed E-state index contributed by atoms with van der Waals surface area (Å²) in [6.07, 6.45) is 1.13. The Morgan fingerprint density at radius 1 is 1.22 bits per heavy atom. The van der Waals surface area contributed by atoms with Crippen LogP contribution in [0.15, 0.2) is 58.5 Å². The molecule has 1 aliphatic heterocycles. The number of hydrogen-bond acceptors (Lipinski definition) is 5. The Bertz CT molecular complexity index is 1190. The first-order valence-corrected chi connectivity index (χ1v) is 11.8. The number of carbonyl (C=O) groups is 1. The molecule has 1 amide bonds. The van der Waals surface area contributed by atoms with Crippen molar-refractivity contribution in [3.63, 3.8) is 0 Å². The number of anilines is 1. The molecule has 32 heavy (non-hydrogen) atoms. The Hall–Kier alpha value is -2.77. The Labute approximate surface area is 196 Å². The molecule has 1 aromatic heterocycles. The number of nitrogens with zero attached hydrogens (tertiary/aromatic N) is 2. The van der Waals surface area contributed by atoms with Gasteiger partial charge in [0, 0.05) is 30.2 Å². The molecule has 1 atom stereocenters. The Balaban J connectivity index is 1.64. The van der Waals surface area contributed by atoms with Crippen LogP contribution in [0.25, 0.3) is 0 Å². The van der Waals surface area contributed by atoms with Crippen molar-refractivity contribution < 1.29 is 9.53 Å². The van der Waals surface area contributed by atoms with Crippen molar-refractivity contribution in [3.8, 4) is 5.75 Å². The van der Waals surface area contributed by atoms with Gasteiger partial charge >= 0.3 is 0 Å². The topological polar surface area (TPSA) is 73.2 Å².